The maximum atomic E-state index is 12.3. The summed E-state index contributed by atoms with van der Waals surface area (Å²) in [5.41, 5.74) is 3.52. The van der Waals surface area contributed by atoms with E-state index in [-0.39, 0.29) is 17.7 Å². The van der Waals surface area contributed by atoms with Gasteiger partial charge in [-0.25, -0.2) is 9.67 Å². The number of aryl methyl sites for hydroxylation is 1. The molecule has 1 aromatic carbocycles. The molecule has 3 rings (SSSR count). The molecule has 6 nitrogen and oxygen atoms in total. The van der Waals surface area contributed by atoms with Gasteiger partial charge in [-0.1, -0.05) is 23.9 Å². The van der Waals surface area contributed by atoms with Gasteiger partial charge in [0.15, 0.2) is 5.16 Å². The topological polar surface area (TPSA) is 64.7 Å². The monoisotopic (exact) mass is 369 g/mol. The Morgan fingerprint density at radius 1 is 1.23 bits per heavy atom. The van der Waals surface area contributed by atoms with Gasteiger partial charge in [-0.3, -0.25) is 9.36 Å². The third kappa shape index (κ3) is 3.83. The number of carbonyl (C=O) groups is 1. The lowest BCUT2D eigenvalue weighted by atomic mass is 10.1. The van der Waals surface area contributed by atoms with Gasteiger partial charge < -0.3 is 5.32 Å². The van der Waals surface area contributed by atoms with E-state index in [0.717, 1.165) is 10.8 Å². The quantitative estimate of drug-likeness (QED) is 0.667. The van der Waals surface area contributed by atoms with Crippen molar-refractivity contribution in [3.05, 3.63) is 54.0 Å². The van der Waals surface area contributed by atoms with E-state index in [4.69, 9.17) is 0 Å². The average molecular weight is 369 g/mol. The van der Waals surface area contributed by atoms with E-state index in [9.17, 15) is 4.79 Å². The zero-order valence-electron chi connectivity index (χ0n) is 15.4. The van der Waals surface area contributed by atoms with Gasteiger partial charge in [0.05, 0.1) is 17.6 Å². The van der Waals surface area contributed by atoms with Gasteiger partial charge in [-0.15, -0.1) is 0 Å². The molecule has 0 aliphatic heterocycles. The first-order valence-electron chi connectivity index (χ1n) is 8.53. The van der Waals surface area contributed by atoms with Crippen LogP contribution in [0.4, 0.5) is 5.82 Å². The maximum Gasteiger partial charge on any atom is 0.235 e. The van der Waals surface area contributed by atoms with E-state index in [1.807, 2.05) is 30.7 Å². The van der Waals surface area contributed by atoms with Gasteiger partial charge >= 0.3 is 0 Å². The Hall–Kier alpha value is -2.54. The number of aromatic nitrogens is 4. The summed E-state index contributed by atoms with van der Waals surface area (Å²) in [7, 11) is 0. The molecule has 0 radical (unpaired) electrons. The summed E-state index contributed by atoms with van der Waals surface area (Å²) >= 11 is 1.42. The number of nitrogens with one attached hydrogen (secondary N) is 1. The number of rotatable bonds is 6. The molecule has 0 aliphatic rings. The lowest BCUT2D eigenvalue weighted by molar-refractivity contribution is -0.113. The number of carbonyl (C=O) groups excluding carboxylic acids is 1. The fourth-order valence-electron chi connectivity index (χ4n) is 2.71. The Balaban J connectivity index is 1.69. The molecule has 0 spiro atoms. The van der Waals surface area contributed by atoms with Crippen LogP contribution in [0.3, 0.4) is 0 Å². The van der Waals surface area contributed by atoms with Crippen molar-refractivity contribution in [2.24, 2.45) is 0 Å². The van der Waals surface area contributed by atoms with Gasteiger partial charge in [-0.2, -0.15) is 5.10 Å². The van der Waals surface area contributed by atoms with E-state index < -0.39 is 0 Å². The Morgan fingerprint density at radius 3 is 2.81 bits per heavy atom. The van der Waals surface area contributed by atoms with Crippen molar-refractivity contribution in [3.8, 4) is 5.69 Å². The van der Waals surface area contributed by atoms with Gasteiger partial charge in [0.1, 0.15) is 5.82 Å². The van der Waals surface area contributed by atoms with Crippen molar-refractivity contribution in [1.29, 1.82) is 0 Å². The molecule has 0 saturated carbocycles. The van der Waals surface area contributed by atoms with Crippen LogP contribution < -0.4 is 5.32 Å². The van der Waals surface area contributed by atoms with Crippen LogP contribution in [0.15, 0.2) is 48.0 Å². The number of thioether (sulfide) groups is 1. The Kier molecular flexibility index (Phi) is 5.46. The fraction of sp³-hybridized carbons (Fsp3) is 0.316. The molecule has 1 N–H and O–H groups in total. The van der Waals surface area contributed by atoms with Crippen LogP contribution in [0.1, 0.15) is 31.0 Å². The summed E-state index contributed by atoms with van der Waals surface area (Å²) in [6, 6.07) is 8.19. The van der Waals surface area contributed by atoms with Crippen LogP contribution in [-0.4, -0.2) is 31.0 Å². The molecule has 7 heteroatoms. The molecule has 0 atom stereocenters. The molecule has 0 saturated heterocycles. The van der Waals surface area contributed by atoms with Crippen molar-refractivity contribution < 1.29 is 4.79 Å². The second-order valence-corrected chi connectivity index (χ2v) is 7.33. The van der Waals surface area contributed by atoms with Crippen molar-refractivity contribution in [1.82, 2.24) is 19.3 Å². The van der Waals surface area contributed by atoms with Gasteiger partial charge in [0.25, 0.3) is 0 Å². The lowest BCUT2D eigenvalue weighted by Gasteiger charge is -2.13. The molecule has 0 unspecified atom stereocenters. The first-order valence-corrected chi connectivity index (χ1v) is 9.52. The number of amides is 1. The third-order valence-corrected chi connectivity index (χ3v) is 5.17. The van der Waals surface area contributed by atoms with E-state index in [2.05, 4.69) is 41.4 Å². The van der Waals surface area contributed by atoms with Crippen molar-refractivity contribution in [2.45, 2.75) is 38.9 Å². The maximum absolute atomic E-state index is 12.3. The van der Waals surface area contributed by atoms with Gasteiger partial charge in [-0.05, 0) is 44.9 Å². The number of benzene rings is 1. The standard InChI is InChI=1S/C19H23N5OS/c1-13(2)24-17(8-9-21-24)22-18(25)12-26-19-20-10-11-23(19)16-7-5-6-14(3)15(16)4/h5-11,13H,12H2,1-4H3,(H,22,25). The van der Waals surface area contributed by atoms with Crippen LogP contribution >= 0.6 is 11.8 Å². The number of imidazole rings is 1. The Labute approximate surface area is 157 Å². The third-order valence-electron chi connectivity index (χ3n) is 4.20. The van der Waals surface area contributed by atoms with Crippen LogP contribution in [0, 0.1) is 13.8 Å². The molecule has 0 bridgehead atoms. The molecule has 3 aromatic rings. The smallest absolute Gasteiger partial charge is 0.235 e. The molecule has 0 aliphatic carbocycles. The minimum atomic E-state index is -0.0760. The van der Waals surface area contributed by atoms with Crippen LogP contribution in [-0.2, 0) is 4.79 Å². The first-order chi connectivity index (χ1) is 12.5. The molecule has 2 heterocycles. The largest absolute Gasteiger partial charge is 0.310 e. The predicted molar refractivity (Wildman–Crippen MR) is 105 cm³/mol. The summed E-state index contributed by atoms with van der Waals surface area (Å²) in [4.78, 5) is 16.7. The van der Waals surface area contributed by atoms with E-state index >= 15 is 0 Å². The second kappa shape index (κ2) is 7.78. The lowest BCUT2D eigenvalue weighted by Crippen LogP contribution is -2.18. The van der Waals surface area contributed by atoms with E-state index in [0.29, 0.717) is 5.82 Å². The molecule has 26 heavy (non-hydrogen) atoms. The normalized spacial score (nSPS) is 11.1. The SMILES string of the molecule is Cc1cccc(-n2ccnc2SCC(=O)Nc2ccnn2C(C)C)c1C. The first kappa shape index (κ1) is 18.3. The Morgan fingerprint density at radius 2 is 2.04 bits per heavy atom. The summed E-state index contributed by atoms with van der Waals surface area (Å²) in [6.45, 7) is 8.24. The van der Waals surface area contributed by atoms with Crippen LogP contribution in [0.5, 0.6) is 0 Å². The molecular formula is C19H23N5OS. The van der Waals surface area contributed by atoms with E-state index in [1.165, 1.54) is 22.9 Å². The predicted octanol–water partition coefficient (Wildman–Crippen LogP) is 4.00. The molecule has 2 aromatic heterocycles. The second-order valence-electron chi connectivity index (χ2n) is 6.39. The van der Waals surface area contributed by atoms with Gasteiger partial charge in [0.2, 0.25) is 5.91 Å². The number of nitrogens with zero attached hydrogens (tertiary/aromatic N) is 4. The summed E-state index contributed by atoms with van der Waals surface area (Å²) in [5, 5.41) is 7.94. The molecule has 1 amide bonds. The average Bonchev–Trinajstić information content (AvgIpc) is 3.24. The zero-order valence-corrected chi connectivity index (χ0v) is 16.2. The molecule has 0 fully saturated rings. The molecular weight excluding hydrogens is 346 g/mol. The Bertz CT molecular complexity index is 912. The number of anilines is 1. The van der Waals surface area contributed by atoms with Crippen LogP contribution in [0.25, 0.3) is 5.69 Å². The van der Waals surface area contributed by atoms with Crippen molar-refractivity contribution in [2.75, 3.05) is 11.1 Å². The highest BCUT2D eigenvalue weighted by Gasteiger charge is 2.13. The van der Waals surface area contributed by atoms with Crippen LogP contribution in [0.2, 0.25) is 0 Å². The van der Waals surface area contributed by atoms with Gasteiger partial charge in [0, 0.05) is 24.5 Å². The zero-order chi connectivity index (χ0) is 18.7. The van der Waals surface area contributed by atoms with Crippen molar-refractivity contribution >= 4 is 23.5 Å². The fourth-order valence-corrected chi connectivity index (χ4v) is 3.48. The molecule has 136 valence electrons. The highest BCUT2D eigenvalue weighted by Crippen LogP contribution is 2.24. The van der Waals surface area contributed by atoms with E-state index in [1.54, 1.807) is 23.1 Å². The summed E-state index contributed by atoms with van der Waals surface area (Å²) in [6.07, 6.45) is 5.38. The number of hydrogen-bond acceptors (Lipinski definition) is 4. The highest BCUT2D eigenvalue weighted by molar-refractivity contribution is 7.99. The van der Waals surface area contributed by atoms with Crippen molar-refractivity contribution in [3.63, 3.8) is 0 Å². The minimum Gasteiger partial charge on any atom is -0.310 e. The number of hydrogen-bond donors (Lipinski definition) is 1. The minimum absolute atomic E-state index is 0.0760. The summed E-state index contributed by atoms with van der Waals surface area (Å²) < 4.78 is 3.82. The summed E-state index contributed by atoms with van der Waals surface area (Å²) in [5.74, 6) is 0.918. The highest BCUT2D eigenvalue weighted by atomic mass is 32.2.